The van der Waals surface area contributed by atoms with Crippen LogP contribution >= 0.6 is 11.8 Å². The molecule has 0 spiro atoms. The van der Waals surface area contributed by atoms with E-state index in [1.165, 1.54) is 13.5 Å². The largest absolute Gasteiger partial charge is 0.469 e. The second-order valence-electron chi connectivity index (χ2n) is 2.79. The molecule has 0 amide bonds. The minimum atomic E-state index is -0.109. The fourth-order valence-corrected chi connectivity index (χ4v) is 1.83. The van der Waals surface area contributed by atoms with Crippen LogP contribution in [0.3, 0.4) is 0 Å². The molecule has 13 heavy (non-hydrogen) atoms. The maximum absolute atomic E-state index is 10.7. The third-order valence-corrected chi connectivity index (χ3v) is 2.79. The molecule has 0 aliphatic heterocycles. The van der Waals surface area contributed by atoms with Gasteiger partial charge in [-0.05, 0) is 37.3 Å². The van der Waals surface area contributed by atoms with Crippen molar-refractivity contribution in [3.63, 3.8) is 0 Å². The molecule has 0 aromatic heterocycles. The van der Waals surface area contributed by atoms with E-state index >= 15 is 0 Å². The molecule has 2 N–H and O–H groups in total. The summed E-state index contributed by atoms with van der Waals surface area (Å²) >= 11 is 1.88. The lowest BCUT2D eigenvalue weighted by Crippen LogP contribution is -2.01. The van der Waals surface area contributed by atoms with Gasteiger partial charge in [-0.3, -0.25) is 4.79 Å². The average Bonchev–Trinajstić information content (AvgIpc) is 2.16. The predicted molar refractivity (Wildman–Crippen MR) is 56.9 cm³/mol. The Kier molecular flexibility index (Phi) is 9.70. The Balaban J connectivity index is 2.95. The number of hydrogen-bond donors (Lipinski definition) is 1. The summed E-state index contributed by atoms with van der Waals surface area (Å²) in [7, 11) is 1.43. The Morgan fingerprint density at radius 2 is 2.00 bits per heavy atom. The van der Waals surface area contributed by atoms with Crippen LogP contribution in [0.15, 0.2) is 0 Å². The highest BCUT2D eigenvalue weighted by molar-refractivity contribution is 7.99. The van der Waals surface area contributed by atoms with Gasteiger partial charge in [-0.2, -0.15) is 11.8 Å². The van der Waals surface area contributed by atoms with E-state index in [4.69, 9.17) is 5.73 Å². The number of carbonyl (C=O) groups excluding carboxylic acids is 1. The van der Waals surface area contributed by atoms with Crippen LogP contribution in [0.2, 0.25) is 0 Å². The van der Waals surface area contributed by atoms with Crippen molar-refractivity contribution in [1.29, 1.82) is 0 Å². The summed E-state index contributed by atoms with van der Waals surface area (Å²) in [6, 6.07) is 0. The molecule has 0 saturated heterocycles. The van der Waals surface area contributed by atoms with E-state index < -0.39 is 0 Å². The summed E-state index contributed by atoms with van der Waals surface area (Å²) in [6.45, 7) is 0.780. The van der Waals surface area contributed by atoms with Gasteiger partial charge in [0.1, 0.15) is 0 Å². The van der Waals surface area contributed by atoms with Crippen molar-refractivity contribution >= 4 is 17.7 Å². The minimum absolute atomic E-state index is 0.109. The highest BCUT2D eigenvalue weighted by atomic mass is 32.2. The number of unbranched alkanes of at least 4 members (excludes halogenated alkanes) is 1. The van der Waals surface area contributed by atoms with Crippen LogP contribution in [0, 0.1) is 0 Å². The Bertz CT molecular complexity index is 131. The quantitative estimate of drug-likeness (QED) is 0.481. The molecule has 0 aliphatic rings. The molecule has 0 aliphatic carbocycles. The third kappa shape index (κ3) is 9.70. The fraction of sp³-hybridized carbons (Fsp3) is 0.889. The summed E-state index contributed by atoms with van der Waals surface area (Å²) < 4.78 is 4.53. The first-order valence-electron chi connectivity index (χ1n) is 4.66. The summed E-state index contributed by atoms with van der Waals surface area (Å²) in [6.07, 6.45) is 3.74. The first kappa shape index (κ1) is 12.8. The number of methoxy groups -OCH3 is 1. The van der Waals surface area contributed by atoms with E-state index in [1.807, 2.05) is 11.8 Å². The van der Waals surface area contributed by atoms with Crippen LogP contribution in [-0.2, 0) is 9.53 Å². The Hall–Kier alpha value is -0.220. The lowest BCUT2D eigenvalue weighted by molar-refractivity contribution is -0.140. The van der Waals surface area contributed by atoms with E-state index in [2.05, 4.69) is 4.74 Å². The number of hydrogen-bond acceptors (Lipinski definition) is 4. The molecule has 78 valence electrons. The smallest absolute Gasteiger partial charge is 0.305 e. The molecule has 0 fully saturated rings. The molecule has 0 aromatic carbocycles. The van der Waals surface area contributed by atoms with Crippen molar-refractivity contribution in [3.05, 3.63) is 0 Å². The number of carbonyl (C=O) groups is 1. The molecular weight excluding hydrogens is 186 g/mol. The highest BCUT2D eigenvalue weighted by Gasteiger charge is 1.98. The fourth-order valence-electron chi connectivity index (χ4n) is 0.871. The van der Waals surface area contributed by atoms with Crippen molar-refractivity contribution < 1.29 is 9.53 Å². The Labute approximate surface area is 84.4 Å². The van der Waals surface area contributed by atoms with Gasteiger partial charge in [0, 0.05) is 6.42 Å². The van der Waals surface area contributed by atoms with Crippen molar-refractivity contribution in [2.24, 2.45) is 5.73 Å². The number of thioether (sulfide) groups is 1. The number of ether oxygens (including phenoxy) is 1. The second-order valence-corrected chi connectivity index (χ2v) is 4.01. The molecule has 0 saturated carbocycles. The molecule has 0 bridgehead atoms. The zero-order chi connectivity index (χ0) is 9.94. The standard InChI is InChI=1S/C9H19NO2S/c1-12-9(11)5-4-8-13-7-3-2-6-10/h2-8,10H2,1H3. The van der Waals surface area contributed by atoms with Crippen molar-refractivity contribution in [2.45, 2.75) is 25.7 Å². The number of esters is 1. The monoisotopic (exact) mass is 205 g/mol. The minimum Gasteiger partial charge on any atom is -0.469 e. The molecular formula is C9H19NO2S. The Morgan fingerprint density at radius 1 is 1.31 bits per heavy atom. The normalized spacial score (nSPS) is 10.0. The topological polar surface area (TPSA) is 52.3 Å². The predicted octanol–water partition coefficient (Wildman–Crippen LogP) is 1.41. The first-order chi connectivity index (χ1) is 6.31. The SMILES string of the molecule is COC(=O)CCCSCCCCN. The molecule has 0 aromatic rings. The summed E-state index contributed by atoms with van der Waals surface area (Å²) in [5, 5.41) is 0. The van der Waals surface area contributed by atoms with Gasteiger partial charge in [-0.15, -0.1) is 0 Å². The van der Waals surface area contributed by atoms with Gasteiger partial charge in [0.15, 0.2) is 0 Å². The highest BCUT2D eigenvalue weighted by Crippen LogP contribution is 2.07. The van der Waals surface area contributed by atoms with Crippen molar-refractivity contribution in [3.8, 4) is 0 Å². The second kappa shape index (κ2) is 9.86. The van der Waals surface area contributed by atoms with Gasteiger partial charge in [-0.25, -0.2) is 0 Å². The maximum atomic E-state index is 10.7. The van der Waals surface area contributed by atoms with Gasteiger partial charge < -0.3 is 10.5 Å². The lowest BCUT2D eigenvalue weighted by atomic mass is 10.3. The van der Waals surface area contributed by atoms with Crippen LogP contribution in [0.25, 0.3) is 0 Å². The molecule has 0 heterocycles. The van der Waals surface area contributed by atoms with Gasteiger partial charge in [0.05, 0.1) is 7.11 Å². The van der Waals surface area contributed by atoms with E-state index in [-0.39, 0.29) is 5.97 Å². The van der Waals surface area contributed by atoms with Gasteiger partial charge in [-0.1, -0.05) is 0 Å². The lowest BCUT2D eigenvalue weighted by Gasteiger charge is -2.00. The van der Waals surface area contributed by atoms with Crippen LogP contribution in [0.4, 0.5) is 0 Å². The van der Waals surface area contributed by atoms with E-state index in [0.717, 1.165) is 30.9 Å². The Morgan fingerprint density at radius 3 is 2.62 bits per heavy atom. The van der Waals surface area contributed by atoms with Gasteiger partial charge in [0.25, 0.3) is 0 Å². The zero-order valence-corrected chi connectivity index (χ0v) is 9.07. The molecule has 4 heteroatoms. The van der Waals surface area contributed by atoms with Gasteiger partial charge >= 0.3 is 5.97 Å². The number of nitrogens with two attached hydrogens (primary N) is 1. The first-order valence-corrected chi connectivity index (χ1v) is 5.81. The molecule has 0 radical (unpaired) electrons. The van der Waals surface area contributed by atoms with Crippen LogP contribution in [-0.4, -0.2) is 31.1 Å². The summed E-state index contributed by atoms with van der Waals surface area (Å²) in [5.41, 5.74) is 5.36. The summed E-state index contributed by atoms with van der Waals surface area (Å²) in [5.74, 6) is 2.08. The average molecular weight is 205 g/mol. The molecule has 3 nitrogen and oxygen atoms in total. The van der Waals surface area contributed by atoms with E-state index in [1.54, 1.807) is 0 Å². The van der Waals surface area contributed by atoms with Crippen molar-refractivity contribution in [2.75, 3.05) is 25.2 Å². The summed E-state index contributed by atoms with van der Waals surface area (Å²) in [4.78, 5) is 10.7. The molecule has 0 atom stereocenters. The zero-order valence-electron chi connectivity index (χ0n) is 8.25. The van der Waals surface area contributed by atoms with Crippen molar-refractivity contribution in [1.82, 2.24) is 0 Å². The van der Waals surface area contributed by atoms with Crippen LogP contribution < -0.4 is 5.73 Å². The molecule has 0 unspecified atom stereocenters. The third-order valence-electron chi connectivity index (χ3n) is 1.64. The maximum Gasteiger partial charge on any atom is 0.305 e. The van der Waals surface area contributed by atoms with E-state index in [9.17, 15) is 4.79 Å². The van der Waals surface area contributed by atoms with Crippen LogP contribution in [0.1, 0.15) is 25.7 Å². The number of rotatable bonds is 8. The van der Waals surface area contributed by atoms with Crippen LogP contribution in [0.5, 0.6) is 0 Å². The van der Waals surface area contributed by atoms with E-state index in [0.29, 0.717) is 6.42 Å². The van der Waals surface area contributed by atoms with Gasteiger partial charge in [0.2, 0.25) is 0 Å². The molecule has 0 rings (SSSR count).